The van der Waals surface area contributed by atoms with Gasteiger partial charge in [-0.1, -0.05) is 33.6 Å². The lowest BCUT2D eigenvalue weighted by atomic mass is 10.0. The van der Waals surface area contributed by atoms with E-state index in [1.807, 2.05) is 0 Å². The topological polar surface area (TPSA) is 29.3 Å². The summed E-state index contributed by atoms with van der Waals surface area (Å²) in [4.78, 5) is 2.46. The Kier molecular flexibility index (Phi) is 7.29. The summed E-state index contributed by atoms with van der Waals surface area (Å²) >= 11 is 0. The predicted octanol–water partition coefficient (Wildman–Crippen LogP) is 2.09. The molecule has 0 aliphatic heterocycles. The number of hydrogen-bond donors (Lipinski definition) is 1. The maximum Gasteiger partial charge on any atom is 0.0139 e. The summed E-state index contributed by atoms with van der Waals surface area (Å²) in [6, 6.07) is 0.300. The first-order valence-electron chi connectivity index (χ1n) is 5.61. The molecule has 0 aromatic carbocycles. The fraction of sp³-hybridized carbons (Fsp3) is 1.00. The van der Waals surface area contributed by atoms with Gasteiger partial charge in [0.2, 0.25) is 0 Å². The van der Waals surface area contributed by atoms with E-state index in [0.29, 0.717) is 6.04 Å². The average molecular weight is 186 g/mol. The Morgan fingerprint density at radius 2 is 1.62 bits per heavy atom. The van der Waals surface area contributed by atoms with Crippen molar-refractivity contribution in [1.29, 1.82) is 0 Å². The van der Waals surface area contributed by atoms with E-state index in [0.717, 1.165) is 19.0 Å². The maximum atomic E-state index is 5.79. The van der Waals surface area contributed by atoms with Crippen LogP contribution < -0.4 is 5.73 Å². The van der Waals surface area contributed by atoms with E-state index in [4.69, 9.17) is 5.73 Å². The summed E-state index contributed by atoms with van der Waals surface area (Å²) in [5.41, 5.74) is 5.79. The number of nitrogens with two attached hydrogens (primary N) is 1. The second kappa shape index (κ2) is 7.34. The van der Waals surface area contributed by atoms with Gasteiger partial charge in [-0.3, -0.25) is 0 Å². The molecule has 0 fully saturated rings. The van der Waals surface area contributed by atoms with E-state index in [-0.39, 0.29) is 0 Å². The minimum absolute atomic E-state index is 0.300. The highest BCUT2D eigenvalue weighted by atomic mass is 15.1. The molecule has 0 radical (unpaired) electrons. The lowest BCUT2D eigenvalue weighted by Crippen LogP contribution is -2.38. The normalized spacial score (nSPS) is 14.1. The summed E-state index contributed by atoms with van der Waals surface area (Å²) in [7, 11) is 0. The second-order valence-electron chi connectivity index (χ2n) is 4.01. The molecule has 0 rings (SSSR count). The number of hydrogen-bond acceptors (Lipinski definition) is 2. The van der Waals surface area contributed by atoms with E-state index in [1.54, 1.807) is 0 Å². The van der Waals surface area contributed by atoms with Crippen LogP contribution in [0.25, 0.3) is 0 Å². The SMILES string of the molecule is CCC(CC)CN(CC)C[C@H](C)N. The van der Waals surface area contributed by atoms with Crippen molar-refractivity contribution in [2.75, 3.05) is 19.6 Å². The molecule has 0 saturated carbocycles. The Labute approximate surface area is 83.5 Å². The minimum Gasteiger partial charge on any atom is -0.327 e. The van der Waals surface area contributed by atoms with Crippen LogP contribution >= 0.6 is 0 Å². The summed E-state index contributed by atoms with van der Waals surface area (Å²) in [5.74, 6) is 0.846. The van der Waals surface area contributed by atoms with Gasteiger partial charge in [-0.25, -0.2) is 0 Å². The monoisotopic (exact) mass is 186 g/mol. The Morgan fingerprint density at radius 1 is 1.08 bits per heavy atom. The molecule has 0 aromatic heterocycles. The number of rotatable bonds is 7. The molecule has 0 aliphatic carbocycles. The second-order valence-corrected chi connectivity index (χ2v) is 4.01. The van der Waals surface area contributed by atoms with Gasteiger partial charge in [0.05, 0.1) is 0 Å². The van der Waals surface area contributed by atoms with Crippen molar-refractivity contribution in [3.05, 3.63) is 0 Å². The van der Waals surface area contributed by atoms with E-state index < -0.39 is 0 Å². The van der Waals surface area contributed by atoms with Crippen molar-refractivity contribution in [2.45, 2.75) is 46.6 Å². The molecule has 0 bridgehead atoms. The molecule has 13 heavy (non-hydrogen) atoms. The molecular formula is C11H26N2. The lowest BCUT2D eigenvalue weighted by molar-refractivity contribution is 0.224. The van der Waals surface area contributed by atoms with Gasteiger partial charge in [0.15, 0.2) is 0 Å². The van der Waals surface area contributed by atoms with Crippen LogP contribution in [0.5, 0.6) is 0 Å². The first-order valence-corrected chi connectivity index (χ1v) is 5.61. The standard InChI is InChI=1S/C11H26N2/c1-5-11(6-2)9-13(7-3)8-10(4)12/h10-11H,5-9,12H2,1-4H3/t10-/m0/s1. The quantitative estimate of drug-likeness (QED) is 0.659. The largest absolute Gasteiger partial charge is 0.327 e. The summed E-state index contributed by atoms with van der Waals surface area (Å²) in [6.07, 6.45) is 2.57. The Hall–Kier alpha value is -0.0800. The molecule has 2 N–H and O–H groups in total. The molecule has 0 unspecified atom stereocenters. The summed E-state index contributed by atoms with van der Waals surface area (Å²) in [6.45, 7) is 12.2. The molecule has 0 saturated heterocycles. The van der Waals surface area contributed by atoms with Gasteiger partial charge >= 0.3 is 0 Å². The van der Waals surface area contributed by atoms with E-state index in [2.05, 4.69) is 32.6 Å². The van der Waals surface area contributed by atoms with E-state index >= 15 is 0 Å². The molecule has 2 heteroatoms. The third-order valence-electron chi connectivity index (χ3n) is 2.66. The van der Waals surface area contributed by atoms with Crippen LogP contribution in [0.4, 0.5) is 0 Å². The van der Waals surface area contributed by atoms with Gasteiger partial charge in [0, 0.05) is 19.1 Å². The van der Waals surface area contributed by atoms with Crippen molar-refractivity contribution in [3.63, 3.8) is 0 Å². The third-order valence-corrected chi connectivity index (χ3v) is 2.66. The van der Waals surface area contributed by atoms with E-state index in [1.165, 1.54) is 19.4 Å². The molecular weight excluding hydrogens is 160 g/mol. The van der Waals surface area contributed by atoms with Gasteiger partial charge in [-0.2, -0.15) is 0 Å². The average Bonchev–Trinajstić information content (AvgIpc) is 2.11. The first-order chi connectivity index (χ1) is 6.13. The van der Waals surface area contributed by atoms with Crippen LogP contribution in [0.3, 0.4) is 0 Å². The minimum atomic E-state index is 0.300. The van der Waals surface area contributed by atoms with Gasteiger partial charge in [-0.05, 0) is 19.4 Å². The Bertz CT molecular complexity index is 109. The Balaban J connectivity index is 3.80. The zero-order valence-corrected chi connectivity index (χ0v) is 9.71. The van der Waals surface area contributed by atoms with Crippen LogP contribution in [0.2, 0.25) is 0 Å². The van der Waals surface area contributed by atoms with Crippen molar-refractivity contribution < 1.29 is 0 Å². The van der Waals surface area contributed by atoms with Crippen LogP contribution in [-0.4, -0.2) is 30.6 Å². The number of nitrogens with zero attached hydrogens (tertiary/aromatic N) is 1. The molecule has 1 atom stereocenters. The molecule has 0 heterocycles. The van der Waals surface area contributed by atoms with Gasteiger partial charge in [-0.15, -0.1) is 0 Å². The van der Waals surface area contributed by atoms with Crippen molar-refractivity contribution in [1.82, 2.24) is 4.90 Å². The van der Waals surface area contributed by atoms with Crippen LogP contribution in [0.15, 0.2) is 0 Å². The highest BCUT2D eigenvalue weighted by molar-refractivity contribution is 4.66. The zero-order chi connectivity index (χ0) is 10.3. The molecule has 0 spiro atoms. The summed E-state index contributed by atoms with van der Waals surface area (Å²) in [5, 5.41) is 0. The molecule has 0 aliphatic rings. The molecule has 0 aromatic rings. The van der Waals surface area contributed by atoms with E-state index in [9.17, 15) is 0 Å². The first kappa shape index (κ1) is 12.9. The number of likely N-dealkylation sites (N-methyl/N-ethyl adjacent to an activating group) is 1. The highest BCUT2D eigenvalue weighted by Gasteiger charge is 2.10. The van der Waals surface area contributed by atoms with Gasteiger partial charge in [0.1, 0.15) is 0 Å². The van der Waals surface area contributed by atoms with Crippen molar-refractivity contribution >= 4 is 0 Å². The summed E-state index contributed by atoms with van der Waals surface area (Å²) < 4.78 is 0. The fourth-order valence-electron chi connectivity index (χ4n) is 1.65. The predicted molar refractivity (Wildman–Crippen MR) is 59.8 cm³/mol. The Morgan fingerprint density at radius 3 is 1.92 bits per heavy atom. The van der Waals surface area contributed by atoms with Crippen LogP contribution in [0.1, 0.15) is 40.5 Å². The zero-order valence-electron chi connectivity index (χ0n) is 9.71. The van der Waals surface area contributed by atoms with Crippen LogP contribution in [-0.2, 0) is 0 Å². The third kappa shape index (κ3) is 6.05. The molecule has 80 valence electrons. The fourth-order valence-corrected chi connectivity index (χ4v) is 1.65. The maximum absolute atomic E-state index is 5.79. The van der Waals surface area contributed by atoms with Crippen LogP contribution in [0, 0.1) is 5.92 Å². The molecule has 2 nitrogen and oxygen atoms in total. The lowest BCUT2D eigenvalue weighted by Gasteiger charge is -2.26. The smallest absolute Gasteiger partial charge is 0.0139 e. The highest BCUT2D eigenvalue weighted by Crippen LogP contribution is 2.09. The van der Waals surface area contributed by atoms with Gasteiger partial charge in [0.25, 0.3) is 0 Å². The van der Waals surface area contributed by atoms with Gasteiger partial charge < -0.3 is 10.6 Å². The van der Waals surface area contributed by atoms with Crippen molar-refractivity contribution in [2.24, 2.45) is 11.7 Å². The van der Waals surface area contributed by atoms with Crippen molar-refractivity contribution in [3.8, 4) is 0 Å². The molecule has 0 amide bonds.